The molecule has 1 amide bonds. The Morgan fingerprint density at radius 1 is 1.09 bits per heavy atom. The monoisotopic (exact) mass is 313 g/mol. The first kappa shape index (κ1) is 16.9. The number of hydrogen-bond acceptors (Lipinski definition) is 3. The van der Waals surface area contributed by atoms with Crippen molar-refractivity contribution in [2.45, 2.75) is 33.3 Å². The summed E-state index contributed by atoms with van der Waals surface area (Å²) < 4.78 is 11.1. The molecule has 2 rings (SSSR count). The van der Waals surface area contributed by atoms with Gasteiger partial charge in [0.15, 0.2) is 6.10 Å². The Hall–Kier alpha value is -2.49. The minimum atomic E-state index is -0.585. The van der Waals surface area contributed by atoms with Crippen molar-refractivity contribution < 1.29 is 14.3 Å². The summed E-state index contributed by atoms with van der Waals surface area (Å²) in [6.45, 7) is 6.34. The van der Waals surface area contributed by atoms with Gasteiger partial charge in [-0.15, -0.1) is 0 Å². The minimum absolute atomic E-state index is 0.196. The van der Waals surface area contributed by atoms with E-state index in [1.165, 1.54) is 5.56 Å². The summed E-state index contributed by atoms with van der Waals surface area (Å²) in [6, 6.07) is 15.1. The van der Waals surface area contributed by atoms with Crippen molar-refractivity contribution in [1.82, 2.24) is 0 Å². The topological polar surface area (TPSA) is 47.6 Å². The lowest BCUT2D eigenvalue weighted by Gasteiger charge is -2.15. The number of nitrogens with one attached hydrogen (secondary N) is 1. The third-order valence-corrected chi connectivity index (χ3v) is 3.43. The molecule has 1 N–H and O–H groups in total. The van der Waals surface area contributed by atoms with Crippen LogP contribution in [0.5, 0.6) is 11.5 Å². The lowest BCUT2D eigenvalue weighted by Crippen LogP contribution is -2.30. The molecule has 0 aliphatic carbocycles. The van der Waals surface area contributed by atoms with E-state index in [1.807, 2.05) is 49.4 Å². The normalized spacial score (nSPS) is 11.6. The Bertz CT molecular complexity index is 637. The Kier molecular flexibility index (Phi) is 6.03. The van der Waals surface area contributed by atoms with Crippen LogP contribution in [-0.2, 0) is 11.2 Å². The lowest BCUT2D eigenvalue weighted by atomic mass is 10.2. The molecule has 1 unspecified atom stereocenters. The zero-order chi connectivity index (χ0) is 16.7. The summed E-state index contributed by atoms with van der Waals surface area (Å²) in [4.78, 5) is 12.2. The van der Waals surface area contributed by atoms with E-state index in [1.54, 1.807) is 13.0 Å². The van der Waals surface area contributed by atoms with E-state index in [9.17, 15) is 4.79 Å². The van der Waals surface area contributed by atoms with Crippen LogP contribution in [0.2, 0.25) is 0 Å². The van der Waals surface area contributed by atoms with Gasteiger partial charge in [0.25, 0.3) is 5.91 Å². The summed E-state index contributed by atoms with van der Waals surface area (Å²) in [5, 5.41) is 2.84. The van der Waals surface area contributed by atoms with E-state index in [-0.39, 0.29) is 5.91 Å². The van der Waals surface area contributed by atoms with Gasteiger partial charge >= 0.3 is 0 Å². The number of rotatable bonds is 7. The first-order valence-corrected chi connectivity index (χ1v) is 7.91. The zero-order valence-electron chi connectivity index (χ0n) is 13.8. The van der Waals surface area contributed by atoms with Crippen molar-refractivity contribution in [2.24, 2.45) is 0 Å². The molecular formula is C19H23NO3. The molecule has 0 aliphatic rings. The SMILES string of the molecule is CCOc1cccc(NC(=O)C(C)Oc2ccc(CC)cc2)c1. The highest BCUT2D eigenvalue weighted by molar-refractivity contribution is 5.94. The maximum absolute atomic E-state index is 12.2. The molecule has 1 atom stereocenters. The second-order valence-electron chi connectivity index (χ2n) is 5.21. The molecule has 0 saturated heterocycles. The van der Waals surface area contributed by atoms with E-state index >= 15 is 0 Å². The van der Waals surface area contributed by atoms with Gasteiger partial charge in [0, 0.05) is 11.8 Å². The number of anilines is 1. The van der Waals surface area contributed by atoms with E-state index in [0.29, 0.717) is 18.0 Å². The van der Waals surface area contributed by atoms with Crippen LogP contribution in [0.3, 0.4) is 0 Å². The van der Waals surface area contributed by atoms with Gasteiger partial charge < -0.3 is 14.8 Å². The van der Waals surface area contributed by atoms with Gasteiger partial charge in [-0.05, 0) is 50.1 Å². The fraction of sp³-hybridized carbons (Fsp3) is 0.316. The summed E-state index contributed by atoms with van der Waals surface area (Å²) in [5.74, 6) is 1.22. The van der Waals surface area contributed by atoms with Gasteiger partial charge in [0.2, 0.25) is 0 Å². The molecular weight excluding hydrogens is 290 g/mol. The van der Waals surface area contributed by atoms with Gasteiger partial charge in [-0.3, -0.25) is 4.79 Å². The van der Waals surface area contributed by atoms with Gasteiger partial charge in [-0.25, -0.2) is 0 Å². The van der Waals surface area contributed by atoms with Crippen molar-refractivity contribution in [3.63, 3.8) is 0 Å². The van der Waals surface area contributed by atoms with Crippen LogP contribution in [0.1, 0.15) is 26.3 Å². The summed E-state index contributed by atoms with van der Waals surface area (Å²) in [7, 11) is 0. The molecule has 23 heavy (non-hydrogen) atoms. The van der Waals surface area contributed by atoms with Crippen molar-refractivity contribution in [1.29, 1.82) is 0 Å². The predicted molar refractivity (Wildman–Crippen MR) is 92.2 cm³/mol. The van der Waals surface area contributed by atoms with Crippen molar-refractivity contribution in [3.8, 4) is 11.5 Å². The standard InChI is InChI=1S/C19H23NO3/c1-4-15-9-11-17(12-10-15)23-14(3)19(21)20-16-7-6-8-18(13-16)22-5-2/h6-14H,4-5H2,1-3H3,(H,20,21). The second kappa shape index (κ2) is 8.22. The molecule has 0 radical (unpaired) electrons. The fourth-order valence-corrected chi connectivity index (χ4v) is 2.14. The van der Waals surface area contributed by atoms with E-state index in [2.05, 4.69) is 12.2 Å². The molecule has 0 aliphatic heterocycles. The zero-order valence-corrected chi connectivity index (χ0v) is 13.8. The second-order valence-corrected chi connectivity index (χ2v) is 5.21. The van der Waals surface area contributed by atoms with Gasteiger partial charge in [0.1, 0.15) is 11.5 Å². The average Bonchev–Trinajstić information content (AvgIpc) is 2.56. The third kappa shape index (κ3) is 5.02. The Labute approximate surface area is 137 Å². The summed E-state index contributed by atoms with van der Waals surface area (Å²) in [6.07, 6.45) is 0.394. The van der Waals surface area contributed by atoms with Crippen LogP contribution in [0, 0.1) is 0 Å². The highest BCUT2D eigenvalue weighted by Crippen LogP contribution is 2.18. The first-order chi connectivity index (χ1) is 11.1. The van der Waals surface area contributed by atoms with Crippen LogP contribution < -0.4 is 14.8 Å². The Balaban J connectivity index is 1.95. The van der Waals surface area contributed by atoms with Crippen molar-refractivity contribution in [2.75, 3.05) is 11.9 Å². The number of hydrogen-bond donors (Lipinski definition) is 1. The smallest absolute Gasteiger partial charge is 0.265 e. The molecule has 0 fully saturated rings. The maximum Gasteiger partial charge on any atom is 0.265 e. The molecule has 122 valence electrons. The molecule has 0 aromatic heterocycles. The van der Waals surface area contributed by atoms with Gasteiger partial charge in [-0.1, -0.05) is 25.1 Å². The van der Waals surface area contributed by atoms with Gasteiger partial charge in [0.05, 0.1) is 6.61 Å². The summed E-state index contributed by atoms with van der Waals surface area (Å²) in [5.41, 5.74) is 1.93. The largest absolute Gasteiger partial charge is 0.494 e. The lowest BCUT2D eigenvalue weighted by molar-refractivity contribution is -0.122. The van der Waals surface area contributed by atoms with E-state index in [0.717, 1.165) is 12.2 Å². The van der Waals surface area contributed by atoms with Crippen LogP contribution in [0.4, 0.5) is 5.69 Å². The predicted octanol–water partition coefficient (Wildman–Crippen LogP) is 4.05. The molecule has 0 heterocycles. The van der Waals surface area contributed by atoms with Crippen LogP contribution in [-0.4, -0.2) is 18.6 Å². The maximum atomic E-state index is 12.2. The molecule has 0 spiro atoms. The molecule has 2 aromatic rings. The summed E-state index contributed by atoms with van der Waals surface area (Å²) >= 11 is 0. The average molecular weight is 313 g/mol. The highest BCUT2D eigenvalue weighted by Gasteiger charge is 2.15. The van der Waals surface area contributed by atoms with E-state index < -0.39 is 6.10 Å². The van der Waals surface area contributed by atoms with Crippen molar-refractivity contribution >= 4 is 11.6 Å². The van der Waals surface area contributed by atoms with Crippen LogP contribution in [0.25, 0.3) is 0 Å². The minimum Gasteiger partial charge on any atom is -0.494 e. The molecule has 4 nitrogen and oxygen atoms in total. The first-order valence-electron chi connectivity index (χ1n) is 7.91. The Morgan fingerprint density at radius 3 is 2.48 bits per heavy atom. The molecule has 2 aromatic carbocycles. The third-order valence-electron chi connectivity index (χ3n) is 3.43. The number of carbonyl (C=O) groups excluding carboxylic acids is 1. The number of aryl methyl sites for hydroxylation is 1. The number of amides is 1. The molecule has 0 bridgehead atoms. The number of ether oxygens (including phenoxy) is 2. The number of benzene rings is 2. The van der Waals surface area contributed by atoms with Crippen molar-refractivity contribution in [3.05, 3.63) is 54.1 Å². The number of carbonyl (C=O) groups is 1. The van der Waals surface area contributed by atoms with Crippen LogP contribution >= 0.6 is 0 Å². The fourth-order valence-electron chi connectivity index (χ4n) is 2.14. The Morgan fingerprint density at radius 2 is 1.83 bits per heavy atom. The highest BCUT2D eigenvalue weighted by atomic mass is 16.5. The molecule has 4 heteroatoms. The quantitative estimate of drug-likeness (QED) is 0.838. The van der Waals surface area contributed by atoms with Gasteiger partial charge in [-0.2, -0.15) is 0 Å². The van der Waals surface area contributed by atoms with Crippen LogP contribution in [0.15, 0.2) is 48.5 Å². The van der Waals surface area contributed by atoms with E-state index in [4.69, 9.17) is 9.47 Å². The molecule has 0 saturated carbocycles.